The lowest BCUT2D eigenvalue weighted by atomic mass is 9.88. The van der Waals surface area contributed by atoms with Crippen LogP contribution >= 0.6 is 0 Å². The molecular weight excluding hydrogens is 272 g/mol. The van der Waals surface area contributed by atoms with Crippen LogP contribution in [0.5, 0.6) is 0 Å². The van der Waals surface area contributed by atoms with E-state index < -0.39 is 5.97 Å². The van der Waals surface area contributed by atoms with Crippen LogP contribution in [0.2, 0.25) is 0 Å². The van der Waals surface area contributed by atoms with E-state index >= 15 is 0 Å². The van der Waals surface area contributed by atoms with Gasteiger partial charge >= 0.3 is 5.97 Å². The van der Waals surface area contributed by atoms with Crippen LogP contribution in [-0.2, 0) is 4.79 Å². The molecule has 2 nitrogen and oxygen atoms in total. The van der Waals surface area contributed by atoms with E-state index in [0.717, 1.165) is 43.9 Å². The molecule has 1 N–H and O–H groups in total. The predicted octanol–water partition coefficient (Wildman–Crippen LogP) is 6.39. The number of carbonyl (C=O) groups is 1. The van der Waals surface area contributed by atoms with Gasteiger partial charge < -0.3 is 5.11 Å². The Morgan fingerprint density at radius 1 is 0.682 bits per heavy atom. The molecule has 0 aliphatic rings. The number of unbranched alkanes of at least 4 members (excludes halogenated alkanes) is 2. The van der Waals surface area contributed by atoms with Gasteiger partial charge in [0, 0.05) is 0 Å². The van der Waals surface area contributed by atoms with E-state index in [1.807, 2.05) is 0 Å². The summed E-state index contributed by atoms with van der Waals surface area (Å²) in [5.41, 5.74) is 0. The average molecular weight is 313 g/mol. The quantitative estimate of drug-likeness (QED) is 0.400. The second-order valence-electron chi connectivity index (χ2n) is 8.05. The van der Waals surface area contributed by atoms with Crippen LogP contribution in [0.25, 0.3) is 0 Å². The number of hydrogen-bond acceptors (Lipinski definition) is 1. The molecule has 0 heterocycles. The van der Waals surface area contributed by atoms with Crippen molar-refractivity contribution in [1.82, 2.24) is 0 Å². The summed E-state index contributed by atoms with van der Waals surface area (Å²) in [7, 11) is 0. The fourth-order valence-electron chi connectivity index (χ4n) is 2.78. The van der Waals surface area contributed by atoms with Gasteiger partial charge in [-0.05, 0) is 36.5 Å². The smallest absolute Gasteiger partial charge is 0.306 e. The number of carboxylic acids is 1. The Morgan fingerprint density at radius 2 is 1.09 bits per heavy atom. The molecule has 22 heavy (non-hydrogen) atoms. The molecule has 3 atom stereocenters. The highest BCUT2D eigenvalue weighted by atomic mass is 16.4. The summed E-state index contributed by atoms with van der Waals surface area (Å²) in [6.45, 7) is 13.7. The zero-order chi connectivity index (χ0) is 17.1. The number of aliphatic carboxylic acids is 1. The van der Waals surface area contributed by atoms with E-state index in [4.69, 9.17) is 0 Å². The van der Waals surface area contributed by atoms with E-state index in [-0.39, 0.29) is 5.92 Å². The summed E-state index contributed by atoms with van der Waals surface area (Å²) < 4.78 is 0. The Morgan fingerprint density at radius 3 is 1.55 bits per heavy atom. The molecule has 0 aliphatic carbocycles. The Labute approximate surface area is 139 Å². The molecule has 0 saturated carbocycles. The fraction of sp³-hybridized carbons (Fsp3) is 0.950. The van der Waals surface area contributed by atoms with Crippen molar-refractivity contribution in [2.75, 3.05) is 0 Å². The summed E-state index contributed by atoms with van der Waals surface area (Å²) >= 11 is 0. The van der Waals surface area contributed by atoms with Crippen LogP contribution in [-0.4, -0.2) is 11.1 Å². The van der Waals surface area contributed by atoms with Gasteiger partial charge in [-0.2, -0.15) is 0 Å². The zero-order valence-electron chi connectivity index (χ0n) is 15.9. The molecule has 132 valence electrons. The maximum Gasteiger partial charge on any atom is 0.306 e. The Balaban J connectivity index is 3.84. The van der Waals surface area contributed by atoms with Crippen LogP contribution in [0.15, 0.2) is 0 Å². The molecule has 0 spiro atoms. The van der Waals surface area contributed by atoms with E-state index in [9.17, 15) is 9.90 Å². The minimum absolute atomic E-state index is 0.123. The van der Waals surface area contributed by atoms with Crippen LogP contribution in [0, 0.1) is 29.6 Å². The maximum absolute atomic E-state index is 11.4. The standard InChI is InChI=1S/C20H40O2/c1-15(2)17(5)11-8-7-9-13-19(20(21)22)14-10-12-18(6)16(3)4/h15-19H,7-14H2,1-6H3,(H,21,22). The second kappa shape index (κ2) is 12.0. The number of rotatable bonds is 13. The largest absolute Gasteiger partial charge is 0.481 e. The molecule has 0 aromatic heterocycles. The molecule has 0 bridgehead atoms. The first kappa shape index (κ1) is 21.5. The van der Waals surface area contributed by atoms with E-state index in [2.05, 4.69) is 41.5 Å². The van der Waals surface area contributed by atoms with Gasteiger partial charge in [-0.3, -0.25) is 4.79 Å². The third-order valence-corrected chi connectivity index (χ3v) is 5.55. The molecule has 0 aromatic carbocycles. The summed E-state index contributed by atoms with van der Waals surface area (Å²) in [6.07, 6.45) is 8.71. The topological polar surface area (TPSA) is 37.3 Å². The molecule has 2 heteroatoms. The summed E-state index contributed by atoms with van der Waals surface area (Å²) in [4.78, 5) is 11.4. The van der Waals surface area contributed by atoms with Crippen LogP contribution in [0.4, 0.5) is 0 Å². The zero-order valence-corrected chi connectivity index (χ0v) is 15.9. The van der Waals surface area contributed by atoms with Crippen LogP contribution < -0.4 is 0 Å². The first-order chi connectivity index (χ1) is 10.3. The molecule has 0 fully saturated rings. The van der Waals surface area contributed by atoms with Gasteiger partial charge in [0.15, 0.2) is 0 Å². The average Bonchev–Trinajstić information content (AvgIpc) is 2.43. The third kappa shape index (κ3) is 10.2. The van der Waals surface area contributed by atoms with Crippen molar-refractivity contribution in [3.63, 3.8) is 0 Å². The highest BCUT2D eigenvalue weighted by Crippen LogP contribution is 2.23. The summed E-state index contributed by atoms with van der Waals surface area (Å²) in [5.74, 6) is 2.23. The Hall–Kier alpha value is -0.530. The summed E-state index contributed by atoms with van der Waals surface area (Å²) in [5, 5.41) is 9.37. The molecule has 0 aromatic rings. The van der Waals surface area contributed by atoms with E-state index in [1.165, 1.54) is 19.3 Å². The number of carboxylic acid groups (broad SMARTS) is 1. The van der Waals surface area contributed by atoms with Gasteiger partial charge in [0.2, 0.25) is 0 Å². The highest BCUT2D eigenvalue weighted by molar-refractivity contribution is 5.69. The van der Waals surface area contributed by atoms with Gasteiger partial charge in [0.25, 0.3) is 0 Å². The minimum atomic E-state index is -0.590. The van der Waals surface area contributed by atoms with Crippen molar-refractivity contribution >= 4 is 5.97 Å². The lowest BCUT2D eigenvalue weighted by Gasteiger charge is -2.17. The predicted molar refractivity (Wildman–Crippen MR) is 96.1 cm³/mol. The Kier molecular flexibility index (Phi) is 11.7. The lowest BCUT2D eigenvalue weighted by molar-refractivity contribution is -0.142. The Bertz CT molecular complexity index is 283. The third-order valence-electron chi connectivity index (χ3n) is 5.55. The SMILES string of the molecule is CC(C)C(C)CCCCCC(CCCC(C)C(C)C)C(=O)O. The minimum Gasteiger partial charge on any atom is -0.481 e. The van der Waals surface area contributed by atoms with Crippen molar-refractivity contribution < 1.29 is 9.90 Å². The van der Waals surface area contributed by atoms with E-state index in [1.54, 1.807) is 0 Å². The normalized spacial score (nSPS) is 16.0. The molecule has 0 amide bonds. The second-order valence-corrected chi connectivity index (χ2v) is 8.05. The van der Waals surface area contributed by atoms with Gasteiger partial charge in [-0.25, -0.2) is 0 Å². The summed E-state index contributed by atoms with van der Waals surface area (Å²) in [6, 6.07) is 0. The lowest BCUT2D eigenvalue weighted by Crippen LogP contribution is -2.14. The molecule has 0 radical (unpaired) electrons. The van der Waals surface area contributed by atoms with Crippen LogP contribution in [0.1, 0.15) is 92.9 Å². The van der Waals surface area contributed by atoms with Crippen molar-refractivity contribution in [3.05, 3.63) is 0 Å². The van der Waals surface area contributed by atoms with Gasteiger partial charge in [0.1, 0.15) is 0 Å². The molecule has 0 aliphatic heterocycles. The van der Waals surface area contributed by atoms with Gasteiger partial charge in [0.05, 0.1) is 5.92 Å². The van der Waals surface area contributed by atoms with Crippen molar-refractivity contribution in [2.45, 2.75) is 92.9 Å². The van der Waals surface area contributed by atoms with Gasteiger partial charge in [-0.1, -0.05) is 80.1 Å². The molecule has 0 saturated heterocycles. The van der Waals surface area contributed by atoms with Crippen molar-refractivity contribution in [1.29, 1.82) is 0 Å². The van der Waals surface area contributed by atoms with Gasteiger partial charge in [-0.15, -0.1) is 0 Å². The van der Waals surface area contributed by atoms with E-state index in [0.29, 0.717) is 11.8 Å². The first-order valence-corrected chi connectivity index (χ1v) is 9.48. The van der Waals surface area contributed by atoms with Crippen molar-refractivity contribution in [3.8, 4) is 0 Å². The monoisotopic (exact) mass is 312 g/mol. The highest BCUT2D eigenvalue weighted by Gasteiger charge is 2.17. The maximum atomic E-state index is 11.4. The molecule has 0 rings (SSSR count). The molecule has 3 unspecified atom stereocenters. The van der Waals surface area contributed by atoms with Crippen molar-refractivity contribution in [2.24, 2.45) is 29.6 Å². The number of hydrogen-bond donors (Lipinski definition) is 1. The fourth-order valence-corrected chi connectivity index (χ4v) is 2.78. The molecular formula is C20H40O2. The first-order valence-electron chi connectivity index (χ1n) is 9.48. The van der Waals surface area contributed by atoms with Crippen LogP contribution in [0.3, 0.4) is 0 Å².